The molecule has 17 heavy (non-hydrogen) atoms. The van der Waals surface area contributed by atoms with Gasteiger partial charge in [-0.25, -0.2) is 4.39 Å². The van der Waals surface area contributed by atoms with Crippen LogP contribution in [0.3, 0.4) is 0 Å². The van der Waals surface area contributed by atoms with Gasteiger partial charge in [0.05, 0.1) is 12.0 Å². The molecule has 0 aromatic heterocycles. The number of hydrogen-bond donors (Lipinski definition) is 0. The Morgan fingerprint density at radius 2 is 1.88 bits per heavy atom. The number of rotatable bonds is 1. The van der Waals surface area contributed by atoms with Crippen LogP contribution in [0.2, 0.25) is 0 Å². The van der Waals surface area contributed by atoms with Crippen molar-refractivity contribution < 1.29 is 4.39 Å². The molecule has 3 unspecified atom stereocenters. The summed E-state index contributed by atoms with van der Waals surface area (Å²) in [6.07, 6.45) is 0.433. The van der Waals surface area contributed by atoms with E-state index in [2.05, 4.69) is 37.3 Å². The van der Waals surface area contributed by atoms with Gasteiger partial charge in [-0.3, -0.25) is 0 Å². The molecule has 1 aliphatic carbocycles. The van der Waals surface area contributed by atoms with Crippen molar-refractivity contribution in [2.45, 2.75) is 38.8 Å². The topological polar surface area (TPSA) is 23.8 Å². The van der Waals surface area contributed by atoms with Crippen molar-refractivity contribution in [2.24, 2.45) is 11.8 Å². The summed E-state index contributed by atoms with van der Waals surface area (Å²) in [4.78, 5) is 0. The van der Waals surface area contributed by atoms with E-state index in [0.29, 0.717) is 6.42 Å². The van der Waals surface area contributed by atoms with Crippen LogP contribution in [-0.2, 0) is 0 Å². The van der Waals surface area contributed by atoms with Gasteiger partial charge in [0.15, 0.2) is 0 Å². The molecule has 0 heterocycles. The molecule has 0 spiro atoms. The molecule has 0 radical (unpaired) electrons. The summed E-state index contributed by atoms with van der Waals surface area (Å²) in [6, 6.07) is 10.4. The minimum absolute atomic E-state index is 0.148. The number of nitrogens with zero attached hydrogens (tertiary/aromatic N) is 1. The Hall–Kier alpha value is -1.36. The number of halogens is 1. The largest absolute Gasteiger partial charge is 0.246 e. The fraction of sp³-hybridized carbons (Fsp3) is 0.533. The summed E-state index contributed by atoms with van der Waals surface area (Å²) >= 11 is 0. The molecule has 1 aromatic rings. The van der Waals surface area contributed by atoms with Gasteiger partial charge in [-0.2, -0.15) is 5.26 Å². The highest BCUT2D eigenvalue weighted by molar-refractivity contribution is 5.25. The molecule has 4 atom stereocenters. The molecule has 1 fully saturated rings. The van der Waals surface area contributed by atoms with E-state index in [1.165, 1.54) is 11.1 Å². The van der Waals surface area contributed by atoms with Crippen LogP contribution in [0.5, 0.6) is 0 Å². The second kappa shape index (κ2) is 4.87. The van der Waals surface area contributed by atoms with Crippen LogP contribution in [0.15, 0.2) is 24.3 Å². The van der Waals surface area contributed by atoms with Gasteiger partial charge in [0.1, 0.15) is 6.17 Å². The average Bonchev–Trinajstić information content (AvgIpc) is 2.29. The van der Waals surface area contributed by atoms with Crippen LogP contribution in [0.4, 0.5) is 4.39 Å². The van der Waals surface area contributed by atoms with E-state index in [0.717, 1.165) is 6.42 Å². The van der Waals surface area contributed by atoms with Gasteiger partial charge in [0.25, 0.3) is 0 Å². The third-order valence-corrected chi connectivity index (χ3v) is 3.87. The van der Waals surface area contributed by atoms with Crippen molar-refractivity contribution >= 4 is 0 Å². The molecule has 0 aliphatic heterocycles. The normalized spacial score (nSPS) is 33.1. The minimum Gasteiger partial charge on any atom is -0.246 e. The van der Waals surface area contributed by atoms with Gasteiger partial charge in [-0.15, -0.1) is 0 Å². The first-order valence-electron chi connectivity index (χ1n) is 6.22. The molecule has 0 amide bonds. The van der Waals surface area contributed by atoms with E-state index in [1.807, 2.05) is 6.92 Å². The summed E-state index contributed by atoms with van der Waals surface area (Å²) in [5.41, 5.74) is 2.44. The third-order valence-electron chi connectivity index (χ3n) is 3.87. The molecule has 2 heteroatoms. The lowest BCUT2D eigenvalue weighted by Crippen LogP contribution is -2.30. The van der Waals surface area contributed by atoms with Crippen LogP contribution in [0.25, 0.3) is 0 Å². The van der Waals surface area contributed by atoms with Crippen LogP contribution in [-0.4, -0.2) is 6.17 Å². The predicted octanol–water partition coefficient (Wildman–Crippen LogP) is 3.99. The van der Waals surface area contributed by atoms with Crippen molar-refractivity contribution in [3.05, 3.63) is 35.4 Å². The van der Waals surface area contributed by atoms with Crippen molar-refractivity contribution in [2.75, 3.05) is 0 Å². The van der Waals surface area contributed by atoms with E-state index in [1.54, 1.807) is 0 Å². The van der Waals surface area contributed by atoms with Crippen molar-refractivity contribution in [3.8, 4) is 6.07 Å². The Bertz CT molecular complexity index is 406. The quantitative estimate of drug-likeness (QED) is 0.717. The average molecular weight is 231 g/mol. The monoisotopic (exact) mass is 231 g/mol. The smallest absolute Gasteiger partial charge is 0.117 e. The second-order valence-electron chi connectivity index (χ2n) is 5.23. The molecule has 90 valence electrons. The van der Waals surface area contributed by atoms with E-state index in [9.17, 15) is 4.39 Å². The lowest BCUT2D eigenvalue weighted by Gasteiger charge is -2.33. The third kappa shape index (κ3) is 2.49. The zero-order valence-corrected chi connectivity index (χ0v) is 10.4. The molecule has 0 N–H and O–H groups in total. The SMILES string of the molecule is Cc1ccc([C@@H]2CC(C)C(C#N)C(F)C2)cc1. The molecule has 0 bridgehead atoms. The van der Waals surface area contributed by atoms with Gasteiger partial charge in [-0.1, -0.05) is 36.8 Å². The molecular formula is C15H18FN. The molecule has 1 nitrogen and oxygen atoms in total. The molecule has 1 aromatic carbocycles. The number of alkyl halides is 1. The number of hydrogen-bond acceptors (Lipinski definition) is 1. The summed E-state index contributed by atoms with van der Waals surface area (Å²) < 4.78 is 13.9. The molecular weight excluding hydrogens is 213 g/mol. The zero-order chi connectivity index (χ0) is 12.4. The summed E-state index contributed by atoms with van der Waals surface area (Å²) in [6.45, 7) is 4.04. The summed E-state index contributed by atoms with van der Waals surface area (Å²) in [5, 5.41) is 8.94. The fourth-order valence-electron chi connectivity index (χ4n) is 2.79. The van der Waals surface area contributed by atoms with Crippen molar-refractivity contribution in [1.29, 1.82) is 5.26 Å². The molecule has 1 saturated carbocycles. The summed E-state index contributed by atoms with van der Waals surface area (Å²) in [7, 11) is 0. The number of aryl methyl sites for hydroxylation is 1. The van der Waals surface area contributed by atoms with E-state index in [-0.39, 0.29) is 11.8 Å². The Morgan fingerprint density at radius 1 is 1.24 bits per heavy atom. The highest BCUT2D eigenvalue weighted by atomic mass is 19.1. The van der Waals surface area contributed by atoms with Gasteiger partial charge in [0, 0.05) is 0 Å². The van der Waals surface area contributed by atoms with Crippen LogP contribution in [0.1, 0.15) is 36.8 Å². The second-order valence-corrected chi connectivity index (χ2v) is 5.23. The molecule has 0 saturated heterocycles. The van der Waals surface area contributed by atoms with Crippen molar-refractivity contribution in [1.82, 2.24) is 0 Å². The van der Waals surface area contributed by atoms with Crippen LogP contribution >= 0.6 is 0 Å². The number of benzene rings is 1. The first-order valence-corrected chi connectivity index (χ1v) is 6.22. The van der Waals surface area contributed by atoms with E-state index < -0.39 is 12.1 Å². The zero-order valence-electron chi connectivity index (χ0n) is 10.4. The van der Waals surface area contributed by atoms with E-state index in [4.69, 9.17) is 5.26 Å². The lowest BCUT2D eigenvalue weighted by atomic mass is 9.72. The highest BCUT2D eigenvalue weighted by Crippen LogP contribution is 2.40. The van der Waals surface area contributed by atoms with Gasteiger partial charge >= 0.3 is 0 Å². The van der Waals surface area contributed by atoms with Crippen LogP contribution < -0.4 is 0 Å². The van der Waals surface area contributed by atoms with E-state index >= 15 is 0 Å². The molecule has 1 aliphatic rings. The van der Waals surface area contributed by atoms with Crippen LogP contribution in [0, 0.1) is 30.1 Å². The van der Waals surface area contributed by atoms with Gasteiger partial charge in [-0.05, 0) is 37.2 Å². The lowest BCUT2D eigenvalue weighted by molar-refractivity contribution is 0.138. The van der Waals surface area contributed by atoms with Gasteiger partial charge < -0.3 is 0 Å². The highest BCUT2D eigenvalue weighted by Gasteiger charge is 2.36. The maximum Gasteiger partial charge on any atom is 0.117 e. The Labute approximate surface area is 102 Å². The maximum atomic E-state index is 13.9. The first-order chi connectivity index (χ1) is 8.11. The minimum atomic E-state index is -0.977. The Balaban J connectivity index is 2.15. The maximum absolute atomic E-state index is 13.9. The van der Waals surface area contributed by atoms with Crippen molar-refractivity contribution in [3.63, 3.8) is 0 Å². The summed E-state index contributed by atoms with van der Waals surface area (Å²) in [5.74, 6) is -0.00282. The predicted molar refractivity (Wildman–Crippen MR) is 66.3 cm³/mol. The molecule has 2 rings (SSSR count). The van der Waals surface area contributed by atoms with Gasteiger partial charge in [0.2, 0.25) is 0 Å². The first kappa shape index (κ1) is 12.1. The number of nitriles is 1. The Morgan fingerprint density at radius 3 is 2.41 bits per heavy atom. The Kier molecular flexibility index (Phi) is 3.47. The standard InChI is InChI=1S/C15H18FN/c1-10-3-5-12(6-4-10)13-7-11(2)14(9-17)15(16)8-13/h3-6,11,13-15H,7-8H2,1-2H3/t11?,13-,14?,15?/m1/s1. The fourth-order valence-corrected chi connectivity index (χ4v) is 2.79.